The molecule has 26 heavy (non-hydrogen) atoms. The lowest BCUT2D eigenvalue weighted by atomic mass is 10.1. The Balaban J connectivity index is 1.59. The molecule has 1 atom stereocenters. The number of halogens is 1. The van der Waals surface area contributed by atoms with Crippen LogP contribution in [0.5, 0.6) is 0 Å². The Bertz CT molecular complexity index is 784. The number of nitrogens with zero attached hydrogens (tertiary/aromatic N) is 1. The van der Waals surface area contributed by atoms with E-state index in [4.69, 9.17) is 4.42 Å². The number of hydrogen-bond acceptors (Lipinski definition) is 4. The molecule has 0 amide bonds. The molecule has 1 aliphatic heterocycles. The maximum absolute atomic E-state index is 12.9. The van der Waals surface area contributed by atoms with Crippen molar-refractivity contribution in [3.8, 4) is 0 Å². The fraction of sp³-hybridized carbons (Fsp3) is 0.250. The zero-order valence-electron chi connectivity index (χ0n) is 14.2. The molecular weight excluding hydrogens is 353 g/mol. The Kier molecular flexibility index (Phi) is 6.17. The van der Waals surface area contributed by atoms with E-state index in [1.807, 2.05) is 23.2 Å². The van der Waals surface area contributed by atoms with Crippen LogP contribution in [0.4, 0.5) is 4.39 Å². The van der Waals surface area contributed by atoms with Crippen LogP contribution in [-0.2, 0) is 17.8 Å². The molecule has 1 aromatic heterocycles. The third-order valence-electron chi connectivity index (χ3n) is 4.08. The van der Waals surface area contributed by atoms with Crippen molar-refractivity contribution in [3.63, 3.8) is 0 Å². The van der Waals surface area contributed by atoms with Gasteiger partial charge in [0.1, 0.15) is 17.0 Å². The molecular formula is C20H20FNO3S. The van der Waals surface area contributed by atoms with E-state index >= 15 is 0 Å². The summed E-state index contributed by atoms with van der Waals surface area (Å²) in [5, 5.41) is 9.24. The fourth-order valence-corrected chi connectivity index (χ4v) is 4.03. The van der Waals surface area contributed by atoms with E-state index in [2.05, 4.69) is 0 Å². The van der Waals surface area contributed by atoms with Crippen LogP contribution >= 0.6 is 11.8 Å². The molecule has 1 aromatic carbocycles. The highest BCUT2D eigenvalue weighted by Gasteiger charge is 2.27. The van der Waals surface area contributed by atoms with E-state index in [0.29, 0.717) is 12.1 Å². The molecule has 136 valence electrons. The Labute approximate surface area is 156 Å². The third kappa shape index (κ3) is 4.79. The number of aliphatic carboxylic acids is 1. The molecule has 2 heterocycles. The predicted octanol–water partition coefficient (Wildman–Crippen LogP) is 4.45. The van der Waals surface area contributed by atoms with Crippen molar-refractivity contribution in [2.24, 2.45) is 0 Å². The number of allylic oxidation sites excluding steroid dienone is 2. The van der Waals surface area contributed by atoms with Gasteiger partial charge in [0, 0.05) is 6.20 Å². The van der Waals surface area contributed by atoms with E-state index in [1.54, 1.807) is 42.3 Å². The first-order chi connectivity index (χ1) is 12.6. The Hall–Kier alpha value is -2.47. The molecule has 0 bridgehead atoms. The smallest absolute Gasteiger partial charge is 0.334 e. The maximum Gasteiger partial charge on any atom is 0.334 e. The monoisotopic (exact) mass is 373 g/mol. The molecule has 2 aromatic rings. The van der Waals surface area contributed by atoms with Crippen LogP contribution < -0.4 is 0 Å². The van der Waals surface area contributed by atoms with E-state index in [1.165, 1.54) is 12.1 Å². The van der Waals surface area contributed by atoms with Crippen LogP contribution in [0, 0.1) is 5.82 Å². The first kappa shape index (κ1) is 18.3. The van der Waals surface area contributed by atoms with Gasteiger partial charge in [-0.25, -0.2) is 9.18 Å². The summed E-state index contributed by atoms with van der Waals surface area (Å²) < 4.78 is 18.3. The lowest BCUT2D eigenvalue weighted by molar-refractivity contribution is -0.133. The van der Waals surface area contributed by atoms with Gasteiger partial charge in [-0.15, -0.1) is 11.8 Å². The second-order valence-electron chi connectivity index (χ2n) is 5.97. The number of furan rings is 1. The Morgan fingerprint density at radius 2 is 2.08 bits per heavy atom. The number of carboxylic acid groups (broad SMARTS) is 1. The minimum atomic E-state index is -0.908. The second kappa shape index (κ2) is 8.76. The second-order valence-corrected chi connectivity index (χ2v) is 7.16. The van der Waals surface area contributed by atoms with Gasteiger partial charge in [0.2, 0.25) is 0 Å². The molecule has 0 fully saturated rings. The number of carboxylic acids is 1. The van der Waals surface area contributed by atoms with Gasteiger partial charge >= 0.3 is 5.97 Å². The SMILES string of the molecule is O=C(O)C1=CC=CN(Cc2ccco2)C1SCCCc1ccc(F)cc1. The molecule has 6 heteroatoms. The zero-order valence-corrected chi connectivity index (χ0v) is 15.0. The van der Waals surface area contributed by atoms with Crippen LogP contribution in [-0.4, -0.2) is 27.1 Å². The van der Waals surface area contributed by atoms with E-state index < -0.39 is 5.97 Å². The van der Waals surface area contributed by atoms with Crippen LogP contribution in [0.25, 0.3) is 0 Å². The summed E-state index contributed by atoms with van der Waals surface area (Å²) in [5.41, 5.74) is 1.45. The van der Waals surface area contributed by atoms with E-state index in [9.17, 15) is 14.3 Å². The summed E-state index contributed by atoms with van der Waals surface area (Å²) in [6, 6.07) is 10.2. The van der Waals surface area contributed by atoms with Crippen LogP contribution in [0.2, 0.25) is 0 Å². The summed E-state index contributed by atoms with van der Waals surface area (Å²) in [7, 11) is 0. The fourth-order valence-electron chi connectivity index (χ4n) is 2.80. The summed E-state index contributed by atoms with van der Waals surface area (Å²) >= 11 is 1.60. The van der Waals surface area contributed by atoms with Crippen molar-refractivity contribution in [2.75, 3.05) is 5.75 Å². The summed E-state index contributed by atoms with van der Waals surface area (Å²) in [6.07, 6.45) is 8.63. The molecule has 1 aliphatic rings. The van der Waals surface area contributed by atoms with Crippen molar-refractivity contribution in [1.29, 1.82) is 0 Å². The van der Waals surface area contributed by atoms with Gasteiger partial charge in [-0.2, -0.15) is 0 Å². The highest BCUT2D eigenvalue weighted by Crippen LogP contribution is 2.29. The first-order valence-electron chi connectivity index (χ1n) is 8.39. The number of hydrogen-bond donors (Lipinski definition) is 1. The van der Waals surface area contributed by atoms with Crippen LogP contribution in [0.1, 0.15) is 17.7 Å². The Morgan fingerprint density at radius 3 is 2.77 bits per heavy atom. The van der Waals surface area contributed by atoms with Crippen LogP contribution in [0.15, 0.2) is 71.0 Å². The topological polar surface area (TPSA) is 53.7 Å². The number of thioether (sulfide) groups is 1. The highest BCUT2D eigenvalue weighted by molar-refractivity contribution is 8.00. The molecule has 4 nitrogen and oxygen atoms in total. The number of aryl methyl sites for hydroxylation is 1. The normalized spacial score (nSPS) is 16.6. The van der Waals surface area contributed by atoms with Gasteiger partial charge in [0.15, 0.2) is 0 Å². The number of benzene rings is 1. The highest BCUT2D eigenvalue weighted by atomic mass is 32.2. The van der Waals surface area contributed by atoms with Crippen molar-refractivity contribution in [2.45, 2.75) is 24.8 Å². The van der Waals surface area contributed by atoms with Gasteiger partial charge in [-0.05, 0) is 60.6 Å². The average molecular weight is 373 g/mol. The standard InChI is InChI=1S/C20H20FNO3S/c21-16-9-7-15(8-10-16)4-3-13-26-19-18(20(23)24)6-1-11-22(19)14-17-5-2-12-25-17/h1-2,5-12,19H,3-4,13-14H2,(H,23,24). The third-order valence-corrected chi connectivity index (χ3v) is 5.45. The molecule has 3 rings (SSSR count). The largest absolute Gasteiger partial charge is 0.478 e. The lowest BCUT2D eigenvalue weighted by Gasteiger charge is -2.32. The average Bonchev–Trinajstić information content (AvgIpc) is 3.14. The van der Waals surface area contributed by atoms with E-state index in [-0.39, 0.29) is 11.2 Å². The molecule has 0 saturated carbocycles. The Morgan fingerprint density at radius 1 is 1.27 bits per heavy atom. The minimum Gasteiger partial charge on any atom is -0.478 e. The molecule has 0 spiro atoms. The molecule has 0 aliphatic carbocycles. The quantitative estimate of drug-likeness (QED) is 0.693. The first-order valence-corrected chi connectivity index (χ1v) is 9.44. The lowest BCUT2D eigenvalue weighted by Crippen LogP contribution is -2.34. The minimum absolute atomic E-state index is 0.234. The van der Waals surface area contributed by atoms with Gasteiger partial charge in [0.25, 0.3) is 0 Å². The van der Waals surface area contributed by atoms with Gasteiger partial charge < -0.3 is 14.4 Å². The van der Waals surface area contributed by atoms with Gasteiger partial charge in [0.05, 0.1) is 18.4 Å². The molecule has 1 unspecified atom stereocenters. The molecule has 0 saturated heterocycles. The van der Waals surface area contributed by atoms with Crippen LogP contribution in [0.3, 0.4) is 0 Å². The van der Waals surface area contributed by atoms with Crippen molar-refractivity contribution in [1.82, 2.24) is 4.90 Å². The van der Waals surface area contributed by atoms with Crippen molar-refractivity contribution >= 4 is 17.7 Å². The molecule has 1 N–H and O–H groups in total. The zero-order chi connectivity index (χ0) is 18.4. The van der Waals surface area contributed by atoms with Crippen molar-refractivity contribution in [3.05, 3.63) is 83.7 Å². The van der Waals surface area contributed by atoms with Crippen molar-refractivity contribution < 1.29 is 18.7 Å². The number of rotatable bonds is 8. The number of carbonyl (C=O) groups is 1. The maximum atomic E-state index is 12.9. The van der Waals surface area contributed by atoms with Gasteiger partial charge in [-0.3, -0.25) is 0 Å². The van der Waals surface area contributed by atoms with E-state index in [0.717, 1.165) is 29.9 Å². The summed E-state index contributed by atoms with van der Waals surface area (Å²) in [5.74, 6) is 0.449. The van der Waals surface area contributed by atoms with Gasteiger partial charge in [-0.1, -0.05) is 12.1 Å². The predicted molar refractivity (Wildman–Crippen MR) is 100 cm³/mol. The summed E-state index contributed by atoms with van der Waals surface area (Å²) in [6.45, 7) is 0.518. The summed E-state index contributed by atoms with van der Waals surface area (Å²) in [4.78, 5) is 13.6. The molecule has 0 radical (unpaired) electrons.